The minimum atomic E-state index is 0.840. The van der Waals surface area contributed by atoms with Crippen molar-refractivity contribution in [2.45, 2.75) is 25.8 Å². The zero-order valence-electron chi connectivity index (χ0n) is 15.4. The molecule has 0 atom stereocenters. The van der Waals surface area contributed by atoms with Gasteiger partial charge in [-0.3, -0.25) is 9.58 Å². The van der Waals surface area contributed by atoms with Crippen LogP contribution in [0.4, 0.5) is 11.8 Å². The molecule has 0 amide bonds. The van der Waals surface area contributed by atoms with Crippen LogP contribution in [0.1, 0.15) is 23.4 Å². The van der Waals surface area contributed by atoms with Gasteiger partial charge in [-0.2, -0.15) is 10.1 Å². The predicted molar refractivity (Wildman–Crippen MR) is 99.1 cm³/mol. The first-order chi connectivity index (χ1) is 12.1. The van der Waals surface area contributed by atoms with Gasteiger partial charge in [0, 0.05) is 60.1 Å². The molecule has 1 saturated heterocycles. The van der Waals surface area contributed by atoms with Crippen molar-refractivity contribution in [3.8, 4) is 0 Å². The van der Waals surface area contributed by atoms with E-state index < -0.39 is 0 Å². The van der Waals surface area contributed by atoms with Gasteiger partial charge in [0.25, 0.3) is 0 Å². The predicted octanol–water partition coefficient (Wildman–Crippen LogP) is 1.09. The Morgan fingerprint density at radius 3 is 2.68 bits per heavy atom. The van der Waals surface area contributed by atoms with E-state index in [1.807, 2.05) is 31.3 Å². The van der Waals surface area contributed by atoms with E-state index in [1.54, 1.807) is 0 Å². The molecule has 0 aromatic carbocycles. The molecule has 2 aliphatic rings. The fraction of sp³-hybridized carbons (Fsp3) is 0.611. The third kappa shape index (κ3) is 3.20. The van der Waals surface area contributed by atoms with Crippen LogP contribution in [-0.2, 0) is 26.4 Å². The summed E-state index contributed by atoms with van der Waals surface area (Å²) in [6, 6.07) is 1.95. The number of rotatable bonds is 4. The Morgan fingerprint density at radius 2 is 1.92 bits per heavy atom. The van der Waals surface area contributed by atoms with Gasteiger partial charge in [0.1, 0.15) is 5.82 Å². The van der Waals surface area contributed by atoms with Crippen LogP contribution in [0.25, 0.3) is 0 Å². The summed E-state index contributed by atoms with van der Waals surface area (Å²) in [5, 5.41) is 4.70. The van der Waals surface area contributed by atoms with E-state index in [2.05, 4.69) is 31.5 Å². The minimum Gasteiger partial charge on any atom is -0.363 e. The molecule has 1 fully saturated rings. The third-order valence-electron chi connectivity index (χ3n) is 5.31. The van der Waals surface area contributed by atoms with Crippen molar-refractivity contribution in [3.63, 3.8) is 0 Å². The highest BCUT2D eigenvalue weighted by molar-refractivity contribution is 5.42. The van der Waals surface area contributed by atoms with Gasteiger partial charge in [-0.25, -0.2) is 4.98 Å². The Bertz CT molecular complexity index is 744. The van der Waals surface area contributed by atoms with Crippen LogP contribution in [0.15, 0.2) is 12.3 Å². The second-order valence-electron chi connectivity index (χ2n) is 7.22. The molecule has 0 radical (unpaired) electrons. The first-order valence-corrected chi connectivity index (χ1v) is 9.13. The number of hydrogen-bond donors (Lipinski definition) is 0. The normalized spacial score (nSPS) is 17.8. The molecule has 4 rings (SSSR count). The Morgan fingerprint density at radius 1 is 1.12 bits per heavy atom. The molecule has 7 heteroatoms. The van der Waals surface area contributed by atoms with Gasteiger partial charge < -0.3 is 9.80 Å². The maximum atomic E-state index is 4.70. The molecule has 1 aliphatic heterocycles. The number of piperazine rings is 1. The zero-order valence-corrected chi connectivity index (χ0v) is 15.4. The van der Waals surface area contributed by atoms with Gasteiger partial charge in [-0.15, -0.1) is 0 Å². The van der Waals surface area contributed by atoms with Crippen LogP contribution < -0.4 is 9.80 Å². The number of fused-ring (bicyclic) bond motifs is 1. The molecule has 25 heavy (non-hydrogen) atoms. The maximum absolute atomic E-state index is 4.70. The van der Waals surface area contributed by atoms with Crippen molar-refractivity contribution in [3.05, 3.63) is 29.2 Å². The molecule has 7 nitrogen and oxygen atoms in total. The Balaban J connectivity index is 1.40. The summed E-state index contributed by atoms with van der Waals surface area (Å²) in [6.07, 6.45) is 5.46. The number of aryl methyl sites for hydroxylation is 2. The smallest absolute Gasteiger partial charge is 0.227 e. The van der Waals surface area contributed by atoms with Crippen molar-refractivity contribution in [1.82, 2.24) is 24.6 Å². The van der Waals surface area contributed by atoms with Crippen LogP contribution in [0.5, 0.6) is 0 Å². The van der Waals surface area contributed by atoms with Crippen LogP contribution in [0, 0.1) is 0 Å². The van der Waals surface area contributed by atoms with Crippen molar-refractivity contribution >= 4 is 11.8 Å². The lowest BCUT2D eigenvalue weighted by molar-refractivity contribution is 0.242. The second-order valence-corrected chi connectivity index (χ2v) is 7.22. The quantitative estimate of drug-likeness (QED) is 0.830. The molecule has 2 aromatic heterocycles. The molecule has 1 aliphatic carbocycles. The van der Waals surface area contributed by atoms with E-state index in [-0.39, 0.29) is 0 Å². The highest BCUT2D eigenvalue weighted by atomic mass is 15.3. The monoisotopic (exact) mass is 341 g/mol. The number of aromatic nitrogens is 4. The molecule has 0 spiro atoms. The lowest BCUT2D eigenvalue weighted by atomic mass is 10.2. The standard InChI is InChI=1S/C18H27N7/c1-22(2)17-7-8-19-18(20-17)25-11-9-24(10-12-25)13-16-14-5-4-6-15(14)21-23(16)3/h7-8H,4-6,9-13H2,1-3H3. The average molecular weight is 341 g/mol. The van der Waals surface area contributed by atoms with Crippen LogP contribution in [0.3, 0.4) is 0 Å². The topological polar surface area (TPSA) is 53.3 Å². The second kappa shape index (κ2) is 6.63. The van der Waals surface area contributed by atoms with Crippen LogP contribution >= 0.6 is 0 Å². The van der Waals surface area contributed by atoms with E-state index in [0.29, 0.717) is 0 Å². The van der Waals surface area contributed by atoms with Gasteiger partial charge in [0.05, 0.1) is 11.4 Å². The molecule has 134 valence electrons. The van der Waals surface area contributed by atoms with Crippen molar-refractivity contribution < 1.29 is 0 Å². The summed E-state index contributed by atoms with van der Waals surface area (Å²) in [4.78, 5) is 16.0. The molecule has 0 bridgehead atoms. The Labute approximate surface area is 149 Å². The summed E-state index contributed by atoms with van der Waals surface area (Å²) in [6.45, 7) is 5.02. The number of anilines is 2. The Kier molecular flexibility index (Phi) is 4.33. The van der Waals surface area contributed by atoms with Gasteiger partial charge >= 0.3 is 0 Å². The third-order valence-corrected chi connectivity index (χ3v) is 5.31. The fourth-order valence-corrected chi connectivity index (χ4v) is 3.84. The molecule has 0 saturated carbocycles. The van der Waals surface area contributed by atoms with E-state index >= 15 is 0 Å². The van der Waals surface area contributed by atoms with E-state index in [1.165, 1.54) is 29.8 Å². The lowest BCUT2D eigenvalue weighted by Crippen LogP contribution is -2.46. The summed E-state index contributed by atoms with van der Waals surface area (Å²) in [5.74, 6) is 1.80. The molecule has 0 unspecified atom stereocenters. The largest absolute Gasteiger partial charge is 0.363 e. The molecule has 3 heterocycles. The first-order valence-electron chi connectivity index (χ1n) is 9.13. The van der Waals surface area contributed by atoms with Gasteiger partial charge in [-0.05, 0) is 30.9 Å². The maximum Gasteiger partial charge on any atom is 0.227 e. The van der Waals surface area contributed by atoms with Gasteiger partial charge in [-0.1, -0.05) is 0 Å². The van der Waals surface area contributed by atoms with Crippen molar-refractivity contribution in [2.75, 3.05) is 50.1 Å². The summed E-state index contributed by atoms with van der Waals surface area (Å²) in [5.41, 5.74) is 4.24. The summed E-state index contributed by atoms with van der Waals surface area (Å²) in [7, 11) is 6.11. The lowest BCUT2D eigenvalue weighted by Gasteiger charge is -2.35. The Hall–Kier alpha value is -2.15. The molecule has 0 N–H and O–H groups in total. The summed E-state index contributed by atoms with van der Waals surface area (Å²) < 4.78 is 2.10. The van der Waals surface area contributed by atoms with E-state index in [9.17, 15) is 0 Å². The van der Waals surface area contributed by atoms with Crippen molar-refractivity contribution in [2.24, 2.45) is 7.05 Å². The summed E-state index contributed by atoms with van der Waals surface area (Å²) >= 11 is 0. The molecule has 2 aromatic rings. The van der Waals surface area contributed by atoms with Gasteiger partial charge in [0.2, 0.25) is 5.95 Å². The molecular formula is C18H27N7. The fourth-order valence-electron chi connectivity index (χ4n) is 3.84. The highest BCUT2D eigenvalue weighted by Crippen LogP contribution is 2.25. The average Bonchev–Trinajstić information content (AvgIpc) is 3.18. The van der Waals surface area contributed by atoms with E-state index in [4.69, 9.17) is 5.10 Å². The zero-order chi connectivity index (χ0) is 17.4. The number of nitrogens with zero attached hydrogens (tertiary/aromatic N) is 7. The molecular weight excluding hydrogens is 314 g/mol. The van der Waals surface area contributed by atoms with E-state index in [0.717, 1.165) is 50.9 Å². The minimum absolute atomic E-state index is 0.840. The van der Waals surface area contributed by atoms with Crippen LogP contribution in [0.2, 0.25) is 0 Å². The van der Waals surface area contributed by atoms with Gasteiger partial charge in [0.15, 0.2) is 0 Å². The highest BCUT2D eigenvalue weighted by Gasteiger charge is 2.25. The van der Waals surface area contributed by atoms with Crippen LogP contribution in [-0.4, -0.2) is 64.9 Å². The first kappa shape index (κ1) is 16.3. The van der Waals surface area contributed by atoms with Crippen molar-refractivity contribution in [1.29, 1.82) is 0 Å². The number of hydrogen-bond acceptors (Lipinski definition) is 6. The SMILES string of the molecule is CN(C)c1ccnc(N2CCN(Cc3c4c(nn3C)CCC4)CC2)n1.